The van der Waals surface area contributed by atoms with Gasteiger partial charge in [0.25, 0.3) is 0 Å². The zero-order chi connectivity index (χ0) is 11.6. The van der Waals surface area contributed by atoms with Gasteiger partial charge in [-0.1, -0.05) is 30.3 Å². The summed E-state index contributed by atoms with van der Waals surface area (Å²) < 4.78 is 40.3. The first kappa shape index (κ1) is 11.0. The molecule has 84 valence electrons. The van der Waals surface area contributed by atoms with Crippen LogP contribution in [0.5, 0.6) is 0 Å². The third-order valence-electron chi connectivity index (χ3n) is 2.60. The van der Waals surface area contributed by atoms with E-state index in [4.69, 9.17) is 0 Å². The Morgan fingerprint density at radius 1 is 1.19 bits per heavy atom. The van der Waals surface area contributed by atoms with Gasteiger partial charge in [-0.05, 0) is 23.8 Å². The number of rotatable bonds is 2. The number of halogens is 3. The molecular formula is C13H11F3. The first-order valence-corrected chi connectivity index (χ1v) is 5.04. The predicted octanol–water partition coefficient (Wildman–Crippen LogP) is 3.70. The van der Waals surface area contributed by atoms with Gasteiger partial charge in [0.15, 0.2) is 11.8 Å². The molecule has 0 saturated heterocycles. The molecule has 0 radical (unpaired) electrons. The molecule has 0 amide bonds. The summed E-state index contributed by atoms with van der Waals surface area (Å²) in [6.45, 7) is 0. The Morgan fingerprint density at radius 3 is 2.50 bits per heavy atom. The lowest BCUT2D eigenvalue weighted by molar-refractivity contribution is 0.122. The highest BCUT2D eigenvalue weighted by Gasteiger charge is 2.38. The van der Waals surface area contributed by atoms with Crippen LogP contribution in [0.1, 0.15) is 5.56 Å². The first-order chi connectivity index (χ1) is 7.60. The van der Waals surface area contributed by atoms with Crippen LogP contribution in [0, 0.1) is 0 Å². The van der Waals surface area contributed by atoms with Crippen molar-refractivity contribution < 1.29 is 13.2 Å². The van der Waals surface area contributed by atoms with E-state index in [1.54, 1.807) is 30.3 Å². The summed E-state index contributed by atoms with van der Waals surface area (Å²) in [5.41, 5.74) is -1.45. The second-order valence-corrected chi connectivity index (χ2v) is 3.88. The molecule has 0 spiro atoms. The molecule has 0 fully saturated rings. The molecule has 16 heavy (non-hydrogen) atoms. The molecule has 0 heterocycles. The third kappa shape index (κ3) is 2.18. The quantitative estimate of drug-likeness (QED) is 0.718. The summed E-state index contributed by atoms with van der Waals surface area (Å²) in [6, 6.07) is 8.76. The van der Waals surface area contributed by atoms with Crippen molar-refractivity contribution in [1.82, 2.24) is 0 Å². The number of hydrogen-bond acceptors (Lipinski definition) is 0. The van der Waals surface area contributed by atoms with Gasteiger partial charge in [0.05, 0.1) is 0 Å². The zero-order valence-electron chi connectivity index (χ0n) is 8.54. The van der Waals surface area contributed by atoms with Crippen molar-refractivity contribution in [2.24, 2.45) is 0 Å². The van der Waals surface area contributed by atoms with Crippen molar-refractivity contribution >= 4 is 0 Å². The first-order valence-electron chi connectivity index (χ1n) is 5.04. The Hall–Kier alpha value is -1.51. The summed E-state index contributed by atoms with van der Waals surface area (Å²) in [7, 11) is 0. The number of benzene rings is 1. The molecule has 0 aromatic heterocycles. The molecule has 0 saturated carbocycles. The van der Waals surface area contributed by atoms with Gasteiger partial charge in [0.2, 0.25) is 0 Å². The lowest BCUT2D eigenvalue weighted by atomic mass is 9.88. The smallest absolute Gasteiger partial charge is 0.168 e. The van der Waals surface area contributed by atoms with E-state index in [2.05, 4.69) is 0 Å². The van der Waals surface area contributed by atoms with Crippen LogP contribution in [0.25, 0.3) is 0 Å². The molecule has 0 bridgehead atoms. The van der Waals surface area contributed by atoms with Crippen molar-refractivity contribution in [3.8, 4) is 0 Å². The van der Waals surface area contributed by atoms with Crippen LogP contribution in [-0.4, -0.2) is 11.8 Å². The highest BCUT2D eigenvalue weighted by Crippen LogP contribution is 2.31. The number of hydrogen-bond donors (Lipinski definition) is 0. The Labute approximate surface area is 92.1 Å². The van der Waals surface area contributed by atoms with E-state index in [0.29, 0.717) is 11.6 Å². The summed E-state index contributed by atoms with van der Waals surface area (Å²) in [5.74, 6) is -0.728. The van der Waals surface area contributed by atoms with E-state index in [-0.39, 0.29) is 6.42 Å². The van der Waals surface area contributed by atoms with Gasteiger partial charge < -0.3 is 0 Å². The summed E-state index contributed by atoms with van der Waals surface area (Å²) >= 11 is 0. The molecule has 2 atom stereocenters. The van der Waals surface area contributed by atoms with E-state index in [1.807, 2.05) is 0 Å². The van der Waals surface area contributed by atoms with Gasteiger partial charge >= 0.3 is 0 Å². The molecule has 1 aromatic carbocycles. The van der Waals surface area contributed by atoms with E-state index < -0.39 is 17.7 Å². The topological polar surface area (TPSA) is 0 Å². The molecule has 0 N–H and O–H groups in total. The maximum absolute atomic E-state index is 14.2. The van der Waals surface area contributed by atoms with E-state index >= 15 is 0 Å². The third-order valence-corrected chi connectivity index (χ3v) is 2.60. The maximum Gasteiger partial charge on any atom is 0.168 e. The largest absolute Gasteiger partial charge is 0.239 e. The van der Waals surface area contributed by atoms with Crippen LogP contribution >= 0.6 is 0 Å². The zero-order valence-corrected chi connectivity index (χ0v) is 8.54. The van der Waals surface area contributed by atoms with Crippen molar-refractivity contribution in [2.75, 3.05) is 0 Å². The van der Waals surface area contributed by atoms with Crippen LogP contribution in [0.4, 0.5) is 13.2 Å². The average Bonchev–Trinajstić information content (AvgIpc) is 2.26. The van der Waals surface area contributed by atoms with Crippen molar-refractivity contribution in [2.45, 2.75) is 18.3 Å². The molecule has 3 heteroatoms. The summed E-state index contributed by atoms with van der Waals surface area (Å²) in [4.78, 5) is 0. The van der Waals surface area contributed by atoms with Gasteiger partial charge in [0.1, 0.15) is 5.83 Å². The van der Waals surface area contributed by atoms with Crippen LogP contribution in [0.15, 0.2) is 54.4 Å². The molecule has 1 aliphatic carbocycles. The highest BCUT2D eigenvalue weighted by molar-refractivity contribution is 5.30. The van der Waals surface area contributed by atoms with Gasteiger partial charge in [-0.15, -0.1) is 0 Å². The van der Waals surface area contributed by atoms with Crippen molar-refractivity contribution in [3.63, 3.8) is 0 Å². The Kier molecular flexibility index (Phi) is 2.86. The lowest BCUT2D eigenvalue weighted by Crippen LogP contribution is -2.35. The molecule has 1 aliphatic rings. The minimum atomic E-state index is -2.14. The van der Waals surface area contributed by atoms with Crippen molar-refractivity contribution in [3.05, 3.63) is 60.0 Å². The van der Waals surface area contributed by atoms with Crippen LogP contribution in [0.2, 0.25) is 0 Å². The number of allylic oxidation sites excluding steroid dienone is 4. The fourth-order valence-corrected chi connectivity index (χ4v) is 1.71. The molecule has 0 nitrogen and oxygen atoms in total. The van der Waals surface area contributed by atoms with Crippen LogP contribution < -0.4 is 0 Å². The van der Waals surface area contributed by atoms with Crippen LogP contribution in [0.3, 0.4) is 0 Å². The Morgan fingerprint density at radius 2 is 1.88 bits per heavy atom. The fourth-order valence-electron chi connectivity index (χ4n) is 1.71. The molecule has 1 aromatic rings. The van der Waals surface area contributed by atoms with Crippen LogP contribution in [-0.2, 0) is 6.42 Å². The summed E-state index contributed by atoms with van der Waals surface area (Å²) in [6.07, 6.45) is 0.578. The van der Waals surface area contributed by atoms with Crippen molar-refractivity contribution in [1.29, 1.82) is 0 Å². The Bertz CT molecular complexity index is 422. The van der Waals surface area contributed by atoms with E-state index in [9.17, 15) is 13.2 Å². The highest BCUT2D eigenvalue weighted by atomic mass is 19.2. The second kappa shape index (κ2) is 4.16. The minimum absolute atomic E-state index is 0.0880. The lowest BCUT2D eigenvalue weighted by Gasteiger charge is -2.26. The molecule has 2 unspecified atom stereocenters. The summed E-state index contributed by atoms with van der Waals surface area (Å²) in [5, 5.41) is 0. The monoisotopic (exact) mass is 224 g/mol. The fraction of sp³-hybridized carbons (Fsp3) is 0.231. The molecule has 0 aliphatic heterocycles. The molecule has 2 rings (SSSR count). The predicted molar refractivity (Wildman–Crippen MR) is 57.2 cm³/mol. The maximum atomic E-state index is 14.2. The van der Waals surface area contributed by atoms with E-state index in [1.165, 1.54) is 0 Å². The Balaban J connectivity index is 2.19. The van der Waals surface area contributed by atoms with Gasteiger partial charge in [-0.3, -0.25) is 0 Å². The van der Waals surface area contributed by atoms with Gasteiger partial charge in [-0.2, -0.15) is 0 Å². The molecular weight excluding hydrogens is 213 g/mol. The van der Waals surface area contributed by atoms with E-state index in [0.717, 1.165) is 12.2 Å². The minimum Gasteiger partial charge on any atom is -0.239 e. The normalized spacial score (nSPS) is 28.9. The number of alkyl halides is 2. The SMILES string of the molecule is FC1=CC(F)C(F)(Cc2ccccc2)C=C1. The van der Waals surface area contributed by atoms with Gasteiger partial charge in [-0.25, -0.2) is 13.2 Å². The van der Waals surface area contributed by atoms with Gasteiger partial charge in [0, 0.05) is 6.42 Å². The second-order valence-electron chi connectivity index (χ2n) is 3.88. The average molecular weight is 224 g/mol. The standard InChI is InChI=1S/C13H11F3/c14-11-6-7-13(16,12(15)8-11)9-10-4-2-1-3-5-10/h1-8,12H,9H2.